The zero-order valence-corrected chi connectivity index (χ0v) is 42.7. The first kappa shape index (κ1) is 41.7. The second-order valence-corrected chi connectivity index (χ2v) is 27.1. The van der Waals surface area contributed by atoms with E-state index in [1.165, 1.54) is 134 Å². The standard InChI is InChI=1S/C65H69/c1-58(2,3)40-28-46-55-47(29-41(59(4,5)6)35-23-19-22-34(40)52(35)55)65-50-32-44(62(13,14)15)38-26-20-24-36-42(60(7,8)9)30-48(56(50)53(36)38)64(46,65)49-31-43(61(10,11)12)37-25-21-27-39-45(63(16,17)18)33-51(65)57(49)54(37)39/h19-33H,1-18H3. The van der Waals surface area contributed by atoms with Crippen LogP contribution in [0.15, 0.2) is 91.0 Å². The predicted molar refractivity (Wildman–Crippen MR) is 280 cm³/mol. The molecule has 0 aliphatic heterocycles. The Morgan fingerprint density at radius 2 is 0.569 bits per heavy atom. The van der Waals surface area contributed by atoms with Crippen molar-refractivity contribution >= 4 is 49.0 Å². The molecular formula is C65H69. The van der Waals surface area contributed by atoms with Gasteiger partial charge >= 0.3 is 0 Å². The fourth-order valence-corrected chi connectivity index (χ4v) is 14.4. The second kappa shape index (κ2) is 11.9. The van der Waals surface area contributed by atoms with Gasteiger partial charge in [0, 0.05) is 28.6 Å². The second-order valence-electron chi connectivity index (χ2n) is 27.1. The summed E-state index contributed by atoms with van der Waals surface area (Å²) in [5.41, 5.74) is 20.4. The average molecular weight is 850 g/mol. The fraction of sp³-hybridized carbons (Fsp3) is 0.400. The van der Waals surface area contributed by atoms with E-state index < -0.39 is 10.8 Å². The highest BCUT2D eigenvalue weighted by molar-refractivity contribution is 6.16. The van der Waals surface area contributed by atoms with Gasteiger partial charge in [0.05, 0.1) is 0 Å². The van der Waals surface area contributed by atoms with Crippen LogP contribution in [-0.4, -0.2) is 0 Å². The maximum atomic E-state index is 2.76. The zero-order valence-electron chi connectivity index (χ0n) is 42.7. The predicted octanol–water partition coefficient (Wildman–Crippen LogP) is 17.4. The fourth-order valence-electron chi connectivity index (χ4n) is 14.4. The Bertz CT molecular complexity index is 3160. The lowest BCUT2D eigenvalue weighted by molar-refractivity contribution is 0.425. The average Bonchev–Trinajstić information content (AvgIpc) is 3.71. The van der Waals surface area contributed by atoms with Crippen molar-refractivity contribution in [1.82, 2.24) is 0 Å². The highest BCUT2D eigenvalue weighted by Crippen LogP contribution is 2.84. The van der Waals surface area contributed by atoms with Crippen molar-refractivity contribution in [2.24, 2.45) is 16.2 Å². The summed E-state index contributed by atoms with van der Waals surface area (Å²) in [7, 11) is 0. The van der Waals surface area contributed by atoms with Crippen LogP contribution in [0.4, 0.5) is 0 Å². The summed E-state index contributed by atoms with van der Waals surface area (Å²) in [4.78, 5) is 0. The van der Waals surface area contributed by atoms with E-state index in [1.54, 1.807) is 0 Å². The normalized spacial score (nSPS) is 22.5. The molecule has 329 valence electrons. The number of allylic oxidation sites excluding steroid dienone is 6. The number of rotatable bonds is 0. The molecule has 6 aliphatic carbocycles. The molecule has 65 heavy (non-hydrogen) atoms. The zero-order chi connectivity index (χ0) is 46.5. The summed E-state index contributed by atoms with van der Waals surface area (Å²) in [5, 5.41) is 8.66. The van der Waals surface area contributed by atoms with Crippen LogP contribution in [0.2, 0.25) is 0 Å². The third kappa shape index (κ3) is 4.76. The molecule has 0 heteroatoms. The Morgan fingerprint density at radius 1 is 0.308 bits per heavy atom. The van der Waals surface area contributed by atoms with E-state index in [0.29, 0.717) is 0 Å². The highest BCUT2D eigenvalue weighted by atomic mass is 14.8. The first-order valence-corrected chi connectivity index (χ1v) is 24.7. The number of hydrogen-bond acceptors (Lipinski definition) is 0. The Morgan fingerprint density at radius 3 is 0.831 bits per heavy atom. The van der Waals surface area contributed by atoms with Crippen LogP contribution in [0, 0.1) is 34.0 Å². The van der Waals surface area contributed by atoms with Crippen LogP contribution >= 0.6 is 0 Å². The SMILES string of the molecule is CC(C)(C)C1=C[C]2c3c(cc(C(C)(C)C)c4cccc1c34)C13[C]4C=C(C(C)(C)C)c5cccc6c(C(C)(C)C)cc(c4c56)C21c1cc(C(C)(C)C)c2cccc4c2c1[C]3C=C4C(C)(C)C. The number of hydrogen-bond donors (Lipinski definition) is 0. The van der Waals surface area contributed by atoms with Gasteiger partial charge in [0.25, 0.3) is 0 Å². The molecule has 0 nitrogen and oxygen atoms in total. The van der Waals surface area contributed by atoms with Gasteiger partial charge in [-0.15, -0.1) is 0 Å². The van der Waals surface area contributed by atoms with Crippen molar-refractivity contribution in [3.05, 3.63) is 176 Å². The maximum absolute atomic E-state index is 2.76. The molecule has 0 spiro atoms. The summed E-state index contributed by atoms with van der Waals surface area (Å²) < 4.78 is 0. The monoisotopic (exact) mass is 850 g/mol. The summed E-state index contributed by atoms with van der Waals surface area (Å²) in [6, 6.07) is 30.0. The minimum atomic E-state index is -0.533. The highest BCUT2D eigenvalue weighted by Gasteiger charge is 2.79. The largest absolute Gasteiger partial charge is 0.0673 e. The third-order valence-corrected chi connectivity index (χ3v) is 16.9. The van der Waals surface area contributed by atoms with Crippen molar-refractivity contribution in [3.8, 4) is 0 Å². The molecule has 0 bridgehead atoms. The third-order valence-electron chi connectivity index (χ3n) is 16.9. The van der Waals surface area contributed by atoms with Crippen molar-refractivity contribution in [1.29, 1.82) is 0 Å². The van der Waals surface area contributed by atoms with Crippen LogP contribution in [-0.2, 0) is 27.1 Å². The Balaban J connectivity index is 1.43. The summed E-state index contributed by atoms with van der Waals surface area (Å²) >= 11 is 0. The van der Waals surface area contributed by atoms with Gasteiger partial charge in [0.15, 0.2) is 0 Å². The molecule has 0 atom stereocenters. The maximum Gasteiger partial charge on any atom is 0.0474 e. The van der Waals surface area contributed by atoms with Crippen LogP contribution < -0.4 is 0 Å². The molecule has 0 amide bonds. The van der Waals surface area contributed by atoms with Crippen molar-refractivity contribution in [2.45, 2.75) is 152 Å². The Labute approximate surface area is 390 Å². The molecule has 0 fully saturated rings. The van der Waals surface area contributed by atoms with Gasteiger partial charge in [0.2, 0.25) is 0 Å². The molecule has 0 saturated heterocycles. The van der Waals surface area contributed by atoms with Crippen molar-refractivity contribution in [3.63, 3.8) is 0 Å². The summed E-state index contributed by atoms with van der Waals surface area (Å²) in [6.45, 7) is 44.1. The molecular weight excluding hydrogens is 781 g/mol. The van der Waals surface area contributed by atoms with Crippen LogP contribution in [0.25, 0.3) is 49.0 Å². The van der Waals surface area contributed by atoms with E-state index in [-0.39, 0.29) is 32.5 Å². The lowest BCUT2D eigenvalue weighted by Crippen LogP contribution is -2.47. The van der Waals surface area contributed by atoms with Gasteiger partial charge in [-0.2, -0.15) is 0 Å². The van der Waals surface area contributed by atoms with E-state index in [2.05, 4.69) is 216 Å². The van der Waals surface area contributed by atoms with Crippen LogP contribution in [0.3, 0.4) is 0 Å². The molecule has 6 aromatic rings. The van der Waals surface area contributed by atoms with Gasteiger partial charge < -0.3 is 0 Å². The van der Waals surface area contributed by atoms with Gasteiger partial charge in [-0.25, -0.2) is 0 Å². The smallest absolute Gasteiger partial charge is 0.0474 e. The first-order valence-electron chi connectivity index (χ1n) is 24.7. The molecule has 0 heterocycles. The first-order chi connectivity index (χ1) is 30.1. The lowest BCUT2D eigenvalue weighted by Gasteiger charge is -2.46. The molecule has 0 saturated carbocycles. The topological polar surface area (TPSA) is 0 Å². The minimum Gasteiger partial charge on any atom is -0.0673 e. The van der Waals surface area contributed by atoms with Crippen LogP contribution in [0.5, 0.6) is 0 Å². The molecule has 6 aromatic carbocycles. The van der Waals surface area contributed by atoms with E-state index in [9.17, 15) is 0 Å². The molecule has 0 aromatic heterocycles. The van der Waals surface area contributed by atoms with Crippen molar-refractivity contribution in [2.75, 3.05) is 0 Å². The van der Waals surface area contributed by atoms with E-state index >= 15 is 0 Å². The Hall–Kier alpha value is -4.68. The quantitative estimate of drug-likeness (QED) is 0.143. The summed E-state index contributed by atoms with van der Waals surface area (Å²) in [6.07, 6.45) is 8.28. The molecule has 3 radical (unpaired) electrons. The van der Waals surface area contributed by atoms with Gasteiger partial charge in [0.1, 0.15) is 0 Å². The van der Waals surface area contributed by atoms with Crippen molar-refractivity contribution < 1.29 is 0 Å². The minimum absolute atomic E-state index is 0.0957. The van der Waals surface area contributed by atoms with Gasteiger partial charge in [-0.3, -0.25) is 0 Å². The number of benzene rings is 6. The van der Waals surface area contributed by atoms with E-state index in [1.807, 2.05) is 0 Å². The lowest BCUT2D eigenvalue weighted by atomic mass is 9.53. The Kier molecular flexibility index (Phi) is 7.63. The van der Waals surface area contributed by atoms with Crippen LogP contribution in [0.1, 0.15) is 191 Å². The van der Waals surface area contributed by atoms with E-state index in [4.69, 9.17) is 0 Å². The molecule has 0 N–H and O–H groups in total. The van der Waals surface area contributed by atoms with Gasteiger partial charge in [-0.1, -0.05) is 216 Å². The summed E-state index contributed by atoms with van der Waals surface area (Å²) in [5.74, 6) is 4.55. The molecule has 0 unspecified atom stereocenters. The molecule has 6 aliphatic rings. The van der Waals surface area contributed by atoms with E-state index in [0.717, 1.165) is 0 Å². The van der Waals surface area contributed by atoms with Gasteiger partial charge in [-0.05, 0) is 148 Å². The molecule has 12 rings (SSSR count).